The summed E-state index contributed by atoms with van der Waals surface area (Å²) >= 11 is 0. The summed E-state index contributed by atoms with van der Waals surface area (Å²) in [7, 11) is -3.69. The summed E-state index contributed by atoms with van der Waals surface area (Å²) in [6.07, 6.45) is 7.79. The Kier molecular flexibility index (Phi) is 7.01. The Morgan fingerprint density at radius 3 is 2.54 bits per heavy atom. The summed E-state index contributed by atoms with van der Waals surface area (Å²) in [5.74, 6) is -1.01. The molecule has 6 N–H and O–H groups in total. The lowest BCUT2D eigenvalue weighted by Crippen LogP contribution is -2.60. The van der Waals surface area contributed by atoms with Gasteiger partial charge in [-0.1, -0.05) is 50.3 Å². The number of hydrogen-bond donors (Lipinski definition) is 4. The van der Waals surface area contributed by atoms with Crippen LogP contribution in [0.25, 0.3) is 6.08 Å². The number of rotatable bonds is 9. The minimum Gasteiger partial charge on any atom is -0.387 e. The fourth-order valence-electron chi connectivity index (χ4n) is 8.15. The first-order chi connectivity index (χ1) is 18.3. The van der Waals surface area contributed by atoms with E-state index < -0.39 is 44.3 Å². The minimum absolute atomic E-state index is 0.00532. The third-order valence-corrected chi connectivity index (χ3v) is 12.8. The average Bonchev–Trinajstić information content (AvgIpc) is 3.41. The summed E-state index contributed by atoms with van der Waals surface area (Å²) in [5.41, 5.74) is 10.8. The molecule has 1 heterocycles. The Labute approximate surface area is 231 Å². The summed E-state index contributed by atoms with van der Waals surface area (Å²) < 4.78 is 29.6. The summed E-state index contributed by atoms with van der Waals surface area (Å²) in [6.45, 7) is 4.92. The van der Waals surface area contributed by atoms with Gasteiger partial charge in [-0.05, 0) is 61.0 Å². The summed E-state index contributed by atoms with van der Waals surface area (Å²) in [6, 6.07) is 7.39. The van der Waals surface area contributed by atoms with Gasteiger partial charge in [0.2, 0.25) is 21.8 Å². The van der Waals surface area contributed by atoms with Crippen LogP contribution in [0.15, 0.2) is 30.3 Å². The maximum absolute atomic E-state index is 14.0. The largest absolute Gasteiger partial charge is 0.387 e. The molecule has 5 rings (SSSR count). The fourth-order valence-corrected chi connectivity index (χ4v) is 10.5. The third-order valence-electron chi connectivity index (χ3n) is 10.8. The number of piperidine rings is 1. The summed E-state index contributed by atoms with van der Waals surface area (Å²) in [4.78, 5) is 23.7. The number of benzene rings is 1. The lowest BCUT2D eigenvalue weighted by molar-refractivity contribution is -0.127. The van der Waals surface area contributed by atoms with E-state index in [0.29, 0.717) is 25.9 Å². The highest BCUT2D eigenvalue weighted by Gasteiger charge is 2.72. The number of fused-ring (bicyclic) bond motifs is 4. The molecule has 3 aliphatic carbocycles. The minimum atomic E-state index is -3.69. The number of nitrogens with one attached hydrogen (secondary N) is 1. The number of primary amides is 1. The molecule has 1 aliphatic heterocycles. The molecule has 3 fully saturated rings. The molecule has 1 aromatic carbocycles. The second-order valence-corrected chi connectivity index (χ2v) is 14.8. The van der Waals surface area contributed by atoms with Gasteiger partial charge in [-0.15, -0.1) is 0 Å². The van der Waals surface area contributed by atoms with Crippen molar-refractivity contribution in [1.29, 1.82) is 0 Å². The van der Waals surface area contributed by atoms with Crippen LogP contribution < -0.4 is 16.8 Å². The molecule has 2 amide bonds. The van der Waals surface area contributed by atoms with E-state index in [1.165, 1.54) is 11.1 Å². The van der Waals surface area contributed by atoms with Crippen molar-refractivity contribution in [3.05, 3.63) is 41.5 Å². The van der Waals surface area contributed by atoms with Gasteiger partial charge in [0.25, 0.3) is 0 Å². The van der Waals surface area contributed by atoms with E-state index in [0.717, 1.165) is 19.3 Å². The second kappa shape index (κ2) is 9.68. The van der Waals surface area contributed by atoms with Crippen molar-refractivity contribution in [2.75, 3.05) is 25.4 Å². The highest BCUT2D eigenvalue weighted by atomic mass is 32.2. The number of sulfonamides is 1. The molecule has 1 aromatic rings. The van der Waals surface area contributed by atoms with Crippen LogP contribution in [0.4, 0.5) is 0 Å². The van der Waals surface area contributed by atoms with Crippen LogP contribution >= 0.6 is 0 Å². The SMILES string of the molecule is CC1(C)[C@@H]2CC[C@@]1(CS(=O)(=O)N1CCC3(C=Cc4ccccc43)CC1)[C@@](O)(CNC(=O)[C@@H](N)CCC(N)=O)C2. The monoisotopic (exact) mass is 558 g/mol. The van der Waals surface area contributed by atoms with E-state index in [1.54, 1.807) is 4.31 Å². The van der Waals surface area contributed by atoms with E-state index >= 15 is 0 Å². The van der Waals surface area contributed by atoms with Crippen LogP contribution in [0, 0.1) is 16.7 Å². The van der Waals surface area contributed by atoms with Crippen molar-refractivity contribution in [2.24, 2.45) is 28.2 Å². The normalized spacial score (nSPS) is 31.3. The number of nitrogens with zero attached hydrogens (tertiary/aromatic N) is 1. The van der Waals surface area contributed by atoms with Crippen LogP contribution in [-0.4, -0.2) is 66.7 Å². The van der Waals surface area contributed by atoms with Gasteiger partial charge in [-0.3, -0.25) is 9.59 Å². The standard InChI is InChI=1S/C29H42N4O5S/c1-26(2)21-10-12-28(26,29(36,17-21)18-32-25(35)23(30)7-8-24(31)34)19-39(37,38)33-15-13-27(14-16-33)11-9-20-5-3-4-6-22(20)27/h3-6,9,11,21,23,36H,7-8,10,12-19,30H2,1-2H3,(H2,31,34)(H,32,35)/t21-,23+,28+,29+/m1/s1. The zero-order chi connectivity index (χ0) is 28.3. The number of amides is 2. The molecule has 0 unspecified atom stereocenters. The van der Waals surface area contributed by atoms with Crippen molar-refractivity contribution >= 4 is 27.9 Å². The smallest absolute Gasteiger partial charge is 0.237 e. The lowest BCUT2D eigenvalue weighted by atomic mass is 9.64. The average molecular weight is 559 g/mol. The number of allylic oxidation sites excluding steroid dienone is 1. The van der Waals surface area contributed by atoms with Crippen LogP contribution in [0.5, 0.6) is 0 Å². The predicted molar refractivity (Wildman–Crippen MR) is 150 cm³/mol. The zero-order valence-electron chi connectivity index (χ0n) is 23.0. The van der Waals surface area contributed by atoms with Crippen LogP contribution in [-0.2, 0) is 25.0 Å². The van der Waals surface area contributed by atoms with Crippen molar-refractivity contribution in [3.63, 3.8) is 0 Å². The third kappa shape index (κ3) is 4.53. The van der Waals surface area contributed by atoms with Gasteiger partial charge in [0.05, 0.1) is 17.4 Å². The van der Waals surface area contributed by atoms with Crippen LogP contribution in [0.1, 0.15) is 69.9 Å². The van der Waals surface area contributed by atoms with E-state index in [9.17, 15) is 23.1 Å². The maximum Gasteiger partial charge on any atom is 0.237 e. The number of carbonyl (C=O) groups is 2. The molecule has 9 nitrogen and oxygen atoms in total. The van der Waals surface area contributed by atoms with E-state index in [1.807, 2.05) is 12.1 Å². The molecule has 39 heavy (non-hydrogen) atoms. The fraction of sp³-hybridized carbons (Fsp3) is 0.655. The van der Waals surface area contributed by atoms with Crippen LogP contribution in [0.3, 0.4) is 0 Å². The maximum atomic E-state index is 14.0. The Balaban J connectivity index is 1.31. The molecule has 214 valence electrons. The van der Waals surface area contributed by atoms with Crippen LogP contribution in [0.2, 0.25) is 0 Å². The van der Waals surface area contributed by atoms with Gasteiger partial charge < -0.3 is 21.9 Å². The highest BCUT2D eigenvalue weighted by molar-refractivity contribution is 7.89. The van der Waals surface area contributed by atoms with E-state index in [2.05, 4.69) is 43.4 Å². The zero-order valence-corrected chi connectivity index (χ0v) is 23.8. The van der Waals surface area contributed by atoms with Crippen molar-refractivity contribution < 1.29 is 23.1 Å². The Morgan fingerprint density at radius 2 is 1.87 bits per heavy atom. The number of carbonyl (C=O) groups excluding carboxylic acids is 2. The predicted octanol–water partition coefficient (Wildman–Crippen LogP) is 1.64. The number of hydrogen-bond acceptors (Lipinski definition) is 6. The van der Waals surface area contributed by atoms with Gasteiger partial charge in [0.15, 0.2) is 0 Å². The topological polar surface area (TPSA) is 156 Å². The molecule has 4 atom stereocenters. The van der Waals surface area contributed by atoms with Gasteiger partial charge in [-0.2, -0.15) is 0 Å². The van der Waals surface area contributed by atoms with Gasteiger partial charge in [0.1, 0.15) is 0 Å². The first kappa shape index (κ1) is 28.3. The Morgan fingerprint density at radius 1 is 1.18 bits per heavy atom. The summed E-state index contributed by atoms with van der Waals surface area (Å²) in [5, 5.41) is 14.8. The first-order valence-electron chi connectivity index (χ1n) is 14.1. The van der Waals surface area contributed by atoms with Gasteiger partial charge in [-0.25, -0.2) is 12.7 Å². The number of nitrogens with two attached hydrogens (primary N) is 2. The Bertz CT molecular complexity index is 1290. The molecule has 2 bridgehead atoms. The van der Waals surface area contributed by atoms with Crippen molar-refractivity contribution in [3.8, 4) is 0 Å². The number of aliphatic hydroxyl groups is 1. The quantitative estimate of drug-likeness (QED) is 0.361. The van der Waals surface area contributed by atoms with Gasteiger partial charge >= 0.3 is 0 Å². The molecule has 10 heteroatoms. The highest BCUT2D eigenvalue weighted by Crippen LogP contribution is 2.70. The molecular weight excluding hydrogens is 516 g/mol. The lowest BCUT2D eigenvalue weighted by Gasteiger charge is -2.49. The molecular formula is C29H42N4O5S. The molecule has 2 saturated carbocycles. The molecule has 1 spiro atoms. The first-order valence-corrected chi connectivity index (χ1v) is 15.7. The molecule has 4 aliphatic rings. The van der Waals surface area contributed by atoms with E-state index in [-0.39, 0.29) is 36.5 Å². The molecule has 0 radical (unpaired) electrons. The van der Waals surface area contributed by atoms with Gasteiger partial charge in [0, 0.05) is 36.9 Å². The van der Waals surface area contributed by atoms with Crippen molar-refractivity contribution in [2.45, 2.75) is 75.9 Å². The van der Waals surface area contributed by atoms with Crippen molar-refractivity contribution in [1.82, 2.24) is 9.62 Å². The molecule has 0 aromatic heterocycles. The second-order valence-electron chi connectivity index (χ2n) is 12.8. The Hall–Kier alpha value is -2.27. The van der Waals surface area contributed by atoms with E-state index in [4.69, 9.17) is 11.5 Å². The molecule has 1 saturated heterocycles.